The van der Waals surface area contributed by atoms with Gasteiger partial charge in [-0.25, -0.2) is 0 Å². The van der Waals surface area contributed by atoms with Crippen LogP contribution < -0.4 is 15.5 Å². The van der Waals surface area contributed by atoms with Crippen molar-refractivity contribution in [2.24, 2.45) is 0 Å². The van der Waals surface area contributed by atoms with Crippen LogP contribution in [0.4, 0.5) is 5.69 Å². The smallest absolute Gasteiger partial charge is 0.171 e. The Balaban J connectivity index is 1.65. The van der Waals surface area contributed by atoms with Crippen LogP contribution in [-0.4, -0.2) is 24.2 Å². The molecule has 3 rings (SSSR count). The second kappa shape index (κ2) is 8.30. The highest BCUT2D eigenvalue weighted by Crippen LogP contribution is 2.21. The number of quaternary nitrogens is 1. The zero-order valence-corrected chi connectivity index (χ0v) is 16.1. The molecule has 24 heavy (non-hydrogen) atoms. The third-order valence-corrected chi connectivity index (χ3v) is 5.92. The molecule has 1 fully saturated rings. The lowest BCUT2D eigenvalue weighted by Gasteiger charge is -2.30. The van der Waals surface area contributed by atoms with Gasteiger partial charge in [0.2, 0.25) is 0 Å². The number of rotatable bonds is 5. The van der Waals surface area contributed by atoms with Gasteiger partial charge in [0.05, 0.1) is 24.0 Å². The standard InChI is InChI=1S/C18H22ClN3S2/c1-13(20-18(23)21-15-8-6-14(19)7-9-15)17(16-5-4-12-24-16)22-10-2-3-11-22/h4-9,12-13,17H,2-3,10-11H2,1H3,(H2,20,21,23)/p+1/t13-,17-/m0/s1. The van der Waals surface area contributed by atoms with Gasteiger partial charge in [0, 0.05) is 23.6 Å². The maximum atomic E-state index is 5.93. The number of benzene rings is 1. The van der Waals surface area contributed by atoms with Crippen LogP contribution in [0.15, 0.2) is 41.8 Å². The topological polar surface area (TPSA) is 28.5 Å². The number of thiophene rings is 1. The van der Waals surface area contributed by atoms with E-state index in [1.165, 1.54) is 30.8 Å². The summed E-state index contributed by atoms with van der Waals surface area (Å²) in [6.45, 7) is 4.71. The Morgan fingerprint density at radius 1 is 1.21 bits per heavy atom. The Labute approximate surface area is 158 Å². The van der Waals surface area contributed by atoms with Crippen LogP contribution in [0.5, 0.6) is 0 Å². The first kappa shape index (κ1) is 17.7. The second-order valence-electron chi connectivity index (χ2n) is 6.25. The number of likely N-dealkylation sites (tertiary alicyclic amines) is 1. The lowest BCUT2D eigenvalue weighted by molar-refractivity contribution is -0.920. The summed E-state index contributed by atoms with van der Waals surface area (Å²) in [6.07, 6.45) is 2.63. The average Bonchev–Trinajstić information content (AvgIpc) is 3.24. The van der Waals surface area contributed by atoms with Crippen molar-refractivity contribution < 1.29 is 4.90 Å². The highest BCUT2D eigenvalue weighted by Gasteiger charge is 2.33. The van der Waals surface area contributed by atoms with Gasteiger partial charge in [0.1, 0.15) is 6.04 Å². The van der Waals surface area contributed by atoms with E-state index < -0.39 is 0 Å². The molecule has 6 heteroatoms. The van der Waals surface area contributed by atoms with E-state index in [2.05, 4.69) is 35.1 Å². The van der Waals surface area contributed by atoms with Gasteiger partial charge >= 0.3 is 0 Å². The largest absolute Gasteiger partial charge is 0.354 e. The Bertz CT molecular complexity index is 651. The van der Waals surface area contributed by atoms with Crippen LogP contribution in [0.3, 0.4) is 0 Å². The summed E-state index contributed by atoms with van der Waals surface area (Å²) in [7, 11) is 0. The lowest BCUT2D eigenvalue weighted by atomic mass is 10.1. The molecule has 3 nitrogen and oxygen atoms in total. The van der Waals surface area contributed by atoms with Crippen molar-refractivity contribution in [3.8, 4) is 0 Å². The number of anilines is 1. The summed E-state index contributed by atoms with van der Waals surface area (Å²) in [5, 5.41) is 10.3. The maximum absolute atomic E-state index is 5.93. The fraction of sp³-hybridized carbons (Fsp3) is 0.389. The summed E-state index contributed by atoms with van der Waals surface area (Å²) >= 11 is 13.3. The van der Waals surface area contributed by atoms with E-state index >= 15 is 0 Å². The van der Waals surface area contributed by atoms with E-state index in [9.17, 15) is 0 Å². The lowest BCUT2D eigenvalue weighted by Crippen LogP contribution is -3.11. The zero-order chi connectivity index (χ0) is 16.9. The maximum Gasteiger partial charge on any atom is 0.171 e. The number of hydrogen-bond acceptors (Lipinski definition) is 2. The summed E-state index contributed by atoms with van der Waals surface area (Å²) in [5.41, 5.74) is 0.949. The molecule has 0 radical (unpaired) electrons. The highest BCUT2D eigenvalue weighted by molar-refractivity contribution is 7.80. The minimum Gasteiger partial charge on any atom is -0.354 e. The quantitative estimate of drug-likeness (QED) is 0.693. The second-order valence-corrected chi connectivity index (χ2v) is 8.08. The first-order valence-corrected chi connectivity index (χ1v) is 10.0. The van der Waals surface area contributed by atoms with Gasteiger partial charge in [-0.15, -0.1) is 11.3 Å². The van der Waals surface area contributed by atoms with Crippen LogP contribution in [0.25, 0.3) is 0 Å². The summed E-state index contributed by atoms with van der Waals surface area (Å²) in [4.78, 5) is 3.09. The van der Waals surface area contributed by atoms with Gasteiger partial charge in [0.15, 0.2) is 5.11 Å². The molecule has 128 valence electrons. The third-order valence-electron chi connectivity index (χ3n) is 4.50. The van der Waals surface area contributed by atoms with Crippen molar-refractivity contribution in [1.82, 2.24) is 5.32 Å². The van der Waals surface area contributed by atoms with Crippen molar-refractivity contribution in [2.45, 2.75) is 31.8 Å². The molecule has 1 aliphatic rings. The van der Waals surface area contributed by atoms with E-state index in [1.807, 2.05) is 35.6 Å². The molecule has 0 saturated carbocycles. The third kappa shape index (κ3) is 4.48. The molecule has 0 unspecified atom stereocenters. The van der Waals surface area contributed by atoms with E-state index in [1.54, 1.807) is 4.90 Å². The minimum absolute atomic E-state index is 0.268. The molecule has 0 spiro atoms. The molecule has 1 aromatic carbocycles. The molecule has 2 heterocycles. The molecule has 2 aromatic rings. The molecule has 0 amide bonds. The number of halogens is 1. The fourth-order valence-electron chi connectivity index (χ4n) is 3.40. The predicted molar refractivity (Wildman–Crippen MR) is 107 cm³/mol. The van der Waals surface area contributed by atoms with E-state index in [-0.39, 0.29) is 6.04 Å². The molecular weight excluding hydrogens is 358 g/mol. The Hall–Kier alpha value is -1.14. The van der Waals surface area contributed by atoms with Crippen LogP contribution in [-0.2, 0) is 0 Å². The Morgan fingerprint density at radius 2 is 1.92 bits per heavy atom. The Morgan fingerprint density at radius 3 is 2.54 bits per heavy atom. The molecule has 1 aromatic heterocycles. The monoisotopic (exact) mass is 380 g/mol. The number of nitrogens with one attached hydrogen (secondary N) is 3. The molecular formula is C18H23ClN3S2+. The van der Waals surface area contributed by atoms with Crippen LogP contribution in [0, 0.1) is 0 Å². The van der Waals surface area contributed by atoms with Gasteiger partial charge in [-0.3, -0.25) is 0 Å². The normalized spacial score (nSPS) is 17.4. The number of thiocarbonyl (C=S) groups is 1. The zero-order valence-electron chi connectivity index (χ0n) is 13.7. The van der Waals surface area contributed by atoms with Crippen LogP contribution in [0.1, 0.15) is 30.7 Å². The molecule has 2 atom stereocenters. The highest BCUT2D eigenvalue weighted by atomic mass is 35.5. The summed E-state index contributed by atoms with van der Waals surface area (Å²) in [5.74, 6) is 0. The first-order chi connectivity index (χ1) is 11.6. The molecule has 1 aliphatic heterocycles. The van der Waals surface area contributed by atoms with Crippen LogP contribution >= 0.6 is 35.2 Å². The number of hydrogen-bond donors (Lipinski definition) is 3. The van der Waals surface area contributed by atoms with Crippen molar-refractivity contribution in [3.63, 3.8) is 0 Å². The fourth-order valence-corrected chi connectivity index (χ4v) is 4.82. The van der Waals surface area contributed by atoms with Gasteiger partial charge in [-0.2, -0.15) is 0 Å². The predicted octanol–water partition coefficient (Wildman–Crippen LogP) is 3.50. The van der Waals surface area contributed by atoms with Crippen LogP contribution in [0.2, 0.25) is 5.02 Å². The SMILES string of the molecule is C[C@H](NC(=S)Nc1ccc(Cl)cc1)[C@@H](c1cccs1)[NH+]1CCCC1. The van der Waals surface area contributed by atoms with E-state index in [4.69, 9.17) is 23.8 Å². The Kier molecular flexibility index (Phi) is 6.11. The first-order valence-electron chi connectivity index (χ1n) is 8.34. The van der Waals surface area contributed by atoms with Gasteiger partial charge < -0.3 is 15.5 Å². The minimum atomic E-state index is 0.268. The molecule has 0 bridgehead atoms. The van der Waals surface area contributed by atoms with Crippen molar-refractivity contribution in [3.05, 3.63) is 51.7 Å². The van der Waals surface area contributed by atoms with Crippen molar-refractivity contribution in [1.29, 1.82) is 0 Å². The molecule has 1 saturated heterocycles. The van der Waals surface area contributed by atoms with Gasteiger partial charge in [-0.05, 0) is 54.9 Å². The van der Waals surface area contributed by atoms with Gasteiger partial charge in [-0.1, -0.05) is 17.7 Å². The average molecular weight is 381 g/mol. The molecule has 0 aliphatic carbocycles. The molecule has 3 N–H and O–H groups in total. The van der Waals surface area contributed by atoms with Gasteiger partial charge in [0.25, 0.3) is 0 Å². The van der Waals surface area contributed by atoms with E-state index in [0.29, 0.717) is 11.2 Å². The summed E-state index contributed by atoms with van der Waals surface area (Å²) < 4.78 is 0. The summed E-state index contributed by atoms with van der Waals surface area (Å²) in [6, 6.07) is 12.7. The van der Waals surface area contributed by atoms with Crippen molar-refractivity contribution in [2.75, 3.05) is 18.4 Å². The van der Waals surface area contributed by atoms with E-state index in [0.717, 1.165) is 10.7 Å². The van der Waals surface area contributed by atoms with Crippen molar-refractivity contribution >= 4 is 46.0 Å².